The molecule has 1 aromatic rings. The van der Waals surface area contributed by atoms with Gasteiger partial charge in [0.2, 0.25) is 0 Å². The molecule has 4 nitrogen and oxygen atoms in total. The molecule has 1 heterocycles. The van der Waals surface area contributed by atoms with Gasteiger partial charge < -0.3 is 10.5 Å². The number of nitrogens with zero attached hydrogens (tertiary/aromatic N) is 2. The highest BCUT2D eigenvalue weighted by atomic mass is 127. The van der Waals surface area contributed by atoms with Gasteiger partial charge in [-0.2, -0.15) is 5.26 Å². The predicted molar refractivity (Wildman–Crippen MR) is 60.8 cm³/mol. The number of alkyl halides is 3. The van der Waals surface area contributed by atoms with Crippen LogP contribution in [0, 0.1) is 15.0 Å². The second kappa shape index (κ2) is 5.50. The van der Waals surface area contributed by atoms with Crippen LogP contribution in [0.4, 0.5) is 13.2 Å². The summed E-state index contributed by atoms with van der Waals surface area (Å²) in [6, 6.07) is 2.89. The Hall–Kier alpha value is -1.08. The molecule has 0 saturated heterocycles. The molecule has 2 N–H and O–H groups in total. The predicted octanol–water partition coefficient (Wildman–Crippen LogP) is 2.11. The van der Waals surface area contributed by atoms with E-state index in [1.54, 1.807) is 28.7 Å². The number of pyridine rings is 1. The maximum atomic E-state index is 12.2. The molecule has 0 aromatic carbocycles. The number of hydrogen-bond donors (Lipinski definition) is 1. The number of rotatable bonds is 3. The molecular formula is C9H7F3IN3O. The lowest BCUT2D eigenvalue weighted by Gasteiger charge is -2.14. The lowest BCUT2D eigenvalue weighted by molar-refractivity contribution is -0.275. The van der Waals surface area contributed by atoms with E-state index in [1.807, 2.05) is 0 Å². The van der Waals surface area contributed by atoms with Crippen LogP contribution in [0.15, 0.2) is 6.07 Å². The van der Waals surface area contributed by atoms with Crippen molar-refractivity contribution in [3.05, 3.63) is 21.0 Å². The van der Waals surface area contributed by atoms with E-state index in [9.17, 15) is 13.2 Å². The third kappa shape index (κ3) is 4.01. The van der Waals surface area contributed by atoms with Gasteiger partial charge in [-0.25, -0.2) is 4.98 Å². The monoisotopic (exact) mass is 357 g/mol. The summed E-state index contributed by atoms with van der Waals surface area (Å²) in [5, 5.41) is 8.48. The van der Waals surface area contributed by atoms with Crippen molar-refractivity contribution in [2.75, 3.05) is 0 Å². The Balaban J connectivity index is 3.20. The van der Waals surface area contributed by atoms with Crippen LogP contribution in [-0.4, -0.2) is 11.3 Å². The molecule has 8 heteroatoms. The molecule has 0 amide bonds. The van der Waals surface area contributed by atoms with Crippen LogP contribution in [0.5, 0.6) is 5.75 Å². The second-order valence-corrected chi connectivity index (χ2v) is 3.99. The molecular weight excluding hydrogens is 350 g/mol. The van der Waals surface area contributed by atoms with Crippen molar-refractivity contribution in [1.82, 2.24) is 4.98 Å². The number of hydrogen-bond acceptors (Lipinski definition) is 4. The van der Waals surface area contributed by atoms with Gasteiger partial charge in [0, 0.05) is 18.2 Å². The zero-order valence-electron chi connectivity index (χ0n) is 8.38. The van der Waals surface area contributed by atoms with Gasteiger partial charge in [0.15, 0.2) is 0 Å². The van der Waals surface area contributed by atoms with Crippen molar-refractivity contribution in [1.29, 1.82) is 5.26 Å². The number of nitrogens with two attached hydrogens (primary N) is 1. The minimum atomic E-state index is -4.79. The normalized spacial score (nSPS) is 11.1. The summed E-state index contributed by atoms with van der Waals surface area (Å²) >= 11 is 1.75. The van der Waals surface area contributed by atoms with E-state index in [4.69, 9.17) is 11.0 Å². The van der Waals surface area contributed by atoms with E-state index in [2.05, 4.69) is 9.72 Å². The lowest BCUT2D eigenvalue weighted by atomic mass is 10.2. The van der Waals surface area contributed by atoms with E-state index in [0.717, 1.165) is 6.07 Å². The summed E-state index contributed by atoms with van der Waals surface area (Å²) in [7, 11) is 0. The van der Waals surface area contributed by atoms with Gasteiger partial charge in [-0.3, -0.25) is 0 Å². The van der Waals surface area contributed by atoms with Crippen molar-refractivity contribution in [3.8, 4) is 11.8 Å². The minimum absolute atomic E-state index is 0.0882. The van der Waals surface area contributed by atoms with Crippen LogP contribution < -0.4 is 10.5 Å². The van der Waals surface area contributed by atoms with E-state index < -0.39 is 12.1 Å². The summed E-state index contributed by atoms with van der Waals surface area (Å²) in [6.07, 6.45) is -4.88. The van der Waals surface area contributed by atoms with Gasteiger partial charge in [0.25, 0.3) is 0 Å². The van der Waals surface area contributed by atoms with E-state index >= 15 is 0 Å². The molecule has 92 valence electrons. The first-order valence-electron chi connectivity index (χ1n) is 4.38. The zero-order chi connectivity index (χ0) is 13.1. The topological polar surface area (TPSA) is 71.9 Å². The zero-order valence-corrected chi connectivity index (χ0v) is 10.5. The van der Waals surface area contributed by atoms with Crippen LogP contribution in [0.3, 0.4) is 0 Å². The Morgan fingerprint density at radius 3 is 2.65 bits per heavy atom. The summed E-state index contributed by atoms with van der Waals surface area (Å²) in [4.78, 5) is 3.96. The van der Waals surface area contributed by atoms with Gasteiger partial charge in [-0.15, -0.1) is 13.2 Å². The fourth-order valence-corrected chi connectivity index (χ4v) is 1.93. The van der Waals surface area contributed by atoms with Crippen LogP contribution in [0.1, 0.15) is 11.3 Å². The third-order valence-electron chi connectivity index (χ3n) is 1.78. The Bertz CT molecular complexity index is 456. The molecule has 0 aliphatic carbocycles. The Kier molecular flexibility index (Phi) is 4.53. The molecule has 0 bridgehead atoms. The lowest BCUT2D eigenvalue weighted by Crippen LogP contribution is -2.20. The van der Waals surface area contributed by atoms with Crippen LogP contribution in [0.2, 0.25) is 0 Å². The molecule has 0 aliphatic rings. The van der Waals surface area contributed by atoms with Gasteiger partial charge in [0.05, 0.1) is 18.2 Å². The second-order valence-electron chi connectivity index (χ2n) is 2.97. The first-order chi connectivity index (χ1) is 7.87. The highest BCUT2D eigenvalue weighted by Crippen LogP contribution is 2.29. The van der Waals surface area contributed by atoms with Crippen molar-refractivity contribution >= 4 is 22.6 Å². The summed E-state index contributed by atoms with van der Waals surface area (Å²) < 4.78 is 40.6. The molecule has 17 heavy (non-hydrogen) atoms. The molecule has 1 aromatic heterocycles. The average molecular weight is 357 g/mol. The fraction of sp³-hybridized carbons (Fsp3) is 0.333. The number of nitriles is 1. The summed E-state index contributed by atoms with van der Waals surface area (Å²) in [5.74, 6) is -0.398. The van der Waals surface area contributed by atoms with E-state index in [-0.39, 0.29) is 24.2 Å². The van der Waals surface area contributed by atoms with Crippen molar-refractivity contribution in [2.24, 2.45) is 5.73 Å². The summed E-state index contributed by atoms with van der Waals surface area (Å²) in [5.41, 5.74) is 5.72. The molecule has 0 radical (unpaired) electrons. The smallest absolute Gasteiger partial charge is 0.405 e. The third-order valence-corrected chi connectivity index (χ3v) is 2.67. The Morgan fingerprint density at radius 2 is 2.18 bits per heavy atom. The van der Waals surface area contributed by atoms with Gasteiger partial charge >= 0.3 is 6.36 Å². The Morgan fingerprint density at radius 1 is 1.53 bits per heavy atom. The van der Waals surface area contributed by atoms with Crippen LogP contribution >= 0.6 is 22.6 Å². The quantitative estimate of drug-likeness (QED) is 0.665. The SMILES string of the molecule is N#CCc1cc(OC(F)(F)F)c(CN)c(I)n1. The number of ether oxygens (including phenoxy) is 1. The molecule has 0 atom stereocenters. The average Bonchev–Trinajstić information content (AvgIpc) is 2.15. The minimum Gasteiger partial charge on any atom is -0.405 e. The summed E-state index contributed by atoms with van der Waals surface area (Å²) in [6.45, 7) is -0.122. The molecule has 1 rings (SSSR count). The number of aromatic nitrogens is 1. The van der Waals surface area contributed by atoms with Crippen molar-refractivity contribution < 1.29 is 17.9 Å². The molecule has 0 spiro atoms. The highest BCUT2D eigenvalue weighted by Gasteiger charge is 2.32. The molecule has 0 saturated carbocycles. The van der Waals surface area contributed by atoms with Crippen molar-refractivity contribution in [3.63, 3.8) is 0 Å². The number of halogens is 4. The maximum Gasteiger partial charge on any atom is 0.573 e. The largest absolute Gasteiger partial charge is 0.573 e. The first-order valence-corrected chi connectivity index (χ1v) is 5.46. The van der Waals surface area contributed by atoms with Gasteiger partial charge in [0.1, 0.15) is 9.45 Å². The van der Waals surface area contributed by atoms with E-state index in [1.165, 1.54) is 0 Å². The molecule has 0 aliphatic heterocycles. The van der Waals surface area contributed by atoms with Gasteiger partial charge in [-0.05, 0) is 22.6 Å². The van der Waals surface area contributed by atoms with Crippen LogP contribution in [0.25, 0.3) is 0 Å². The molecule has 0 unspecified atom stereocenters. The standard InChI is InChI=1S/C9H7F3IN3O/c10-9(11,12)17-7-3-5(1-2-14)16-8(13)6(7)4-15/h3H,1,4,15H2. The Labute approximate surface area is 109 Å². The fourth-order valence-electron chi connectivity index (χ4n) is 1.14. The molecule has 0 fully saturated rings. The van der Waals surface area contributed by atoms with E-state index in [0.29, 0.717) is 3.70 Å². The van der Waals surface area contributed by atoms with Crippen molar-refractivity contribution in [2.45, 2.75) is 19.3 Å². The first kappa shape index (κ1) is 14.0. The maximum absolute atomic E-state index is 12.2. The highest BCUT2D eigenvalue weighted by molar-refractivity contribution is 14.1. The van der Waals surface area contributed by atoms with Crippen LogP contribution in [-0.2, 0) is 13.0 Å². The van der Waals surface area contributed by atoms with Gasteiger partial charge in [-0.1, -0.05) is 0 Å².